The van der Waals surface area contributed by atoms with Gasteiger partial charge in [0.05, 0.1) is 20.8 Å². The molecule has 0 atom stereocenters. The molecule has 2 heterocycles. The molecule has 0 saturated heterocycles. The summed E-state index contributed by atoms with van der Waals surface area (Å²) in [6, 6.07) is 17.0. The number of aromatic nitrogens is 2. The van der Waals surface area contributed by atoms with Gasteiger partial charge in [0.1, 0.15) is 10.6 Å². The van der Waals surface area contributed by atoms with Crippen molar-refractivity contribution in [3.63, 3.8) is 0 Å². The van der Waals surface area contributed by atoms with E-state index in [0.29, 0.717) is 34.3 Å². The molecule has 0 radical (unpaired) electrons. The molecule has 0 spiro atoms. The summed E-state index contributed by atoms with van der Waals surface area (Å²) in [5.74, 6) is -1.09. The minimum atomic E-state index is -4.01. The average molecular weight is 553 g/mol. The number of pyridine rings is 1. The number of sulfone groups is 1. The predicted molar refractivity (Wildman–Crippen MR) is 135 cm³/mol. The van der Waals surface area contributed by atoms with Crippen LogP contribution >= 0.6 is 15.9 Å². The second kappa shape index (κ2) is 8.66. The average Bonchev–Trinajstić information content (AvgIpc) is 3.12. The van der Waals surface area contributed by atoms with Crippen molar-refractivity contribution in [1.29, 1.82) is 0 Å². The van der Waals surface area contributed by atoms with Crippen molar-refractivity contribution in [3.8, 4) is 11.4 Å². The van der Waals surface area contributed by atoms with E-state index in [1.54, 1.807) is 22.8 Å². The Balaban J connectivity index is 1.71. The summed E-state index contributed by atoms with van der Waals surface area (Å²) in [4.78, 5) is 27.8. The zero-order valence-corrected chi connectivity index (χ0v) is 21.1. The van der Waals surface area contributed by atoms with Crippen LogP contribution in [-0.4, -0.2) is 29.0 Å². The van der Waals surface area contributed by atoms with Crippen LogP contribution in [0.25, 0.3) is 11.4 Å². The molecule has 178 valence electrons. The highest BCUT2D eigenvalue weighted by Gasteiger charge is 2.32. The lowest BCUT2D eigenvalue weighted by molar-refractivity contribution is 0.0684. The molecule has 5 rings (SSSR count). The summed E-state index contributed by atoms with van der Waals surface area (Å²) in [7, 11) is -4.01. The highest BCUT2D eigenvalue weighted by Crippen LogP contribution is 2.41. The van der Waals surface area contributed by atoms with Crippen LogP contribution in [0.2, 0.25) is 0 Å². The largest absolute Gasteiger partial charge is 0.477 e. The number of hydrogen-bond acceptors (Lipinski definition) is 4. The minimum absolute atomic E-state index is 0.0422. The first-order chi connectivity index (χ1) is 16.7. The Hall–Kier alpha value is -3.43. The molecule has 2 N–H and O–H groups in total. The van der Waals surface area contributed by atoms with Crippen molar-refractivity contribution in [2.45, 2.75) is 36.1 Å². The molecule has 0 aliphatic heterocycles. The number of aromatic amines is 1. The number of H-pyrrole nitrogens is 1. The van der Waals surface area contributed by atoms with Gasteiger partial charge in [-0.05, 0) is 70.6 Å². The van der Waals surface area contributed by atoms with E-state index in [1.807, 2.05) is 31.2 Å². The topological polar surface area (TPSA) is 109 Å². The summed E-state index contributed by atoms with van der Waals surface area (Å²) < 4.78 is 28.5. The third kappa shape index (κ3) is 3.94. The Bertz CT molecular complexity index is 1640. The molecule has 0 amide bonds. The zero-order valence-electron chi connectivity index (χ0n) is 18.7. The number of rotatable bonds is 5. The van der Waals surface area contributed by atoms with Gasteiger partial charge in [-0.2, -0.15) is 0 Å². The smallest absolute Gasteiger partial charge is 0.353 e. The molecule has 9 heteroatoms. The van der Waals surface area contributed by atoms with Crippen molar-refractivity contribution in [1.82, 2.24) is 9.55 Å². The van der Waals surface area contributed by atoms with Gasteiger partial charge in [0, 0.05) is 6.54 Å². The molecule has 0 bridgehead atoms. The number of aryl methyl sites for hydroxylation is 2. The second-order valence-corrected chi connectivity index (χ2v) is 11.3. The third-order valence-corrected chi connectivity index (χ3v) is 8.90. The molecule has 7 nitrogen and oxygen atoms in total. The van der Waals surface area contributed by atoms with Gasteiger partial charge in [-0.1, -0.05) is 48.0 Å². The molecular weight excluding hydrogens is 532 g/mol. The molecule has 1 aliphatic rings. The molecule has 2 aromatic carbocycles. The molecule has 0 unspecified atom stereocenters. The Morgan fingerprint density at radius 2 is 1.77 bits per heavy atom. The lowest BCUT2D eigenvalue weighted by Crippen LogP contribution is -2.22. The number of carboxylic acid groups (broad SMARTS) is 1. The summed E-state index contributed by atoms with van der Waals surface area (Å²) in [5, 5.41) is 10.00. The summed E-state index contributed by atoms with van der Waals surface area (Å²) in [5.41, 5.74) is 3.79. The van der Waals surface area contributed by atoms with Crippen LogP contribution in [-0.2, 0) is 29.2 Å². The summed E-state index contributed by atoms with van der Waals surface area (Å²) >= 11 is 3.47. The quantitative estimate of drug-likeness (QED) is 0.376. The van der Waals surface area contributed by atoms with E-state index < -0.39 is 21.4 Å². The molecular formula is C26H21BrN2O5S. The fourth-order valence-electron chi connectivity index (χ4n) is 4.54. The molecule has 0 fully saturated rings. The first-order valence-corrected chi connectivity index (χ1v) is 13.2. The van der Waals surface area contributed by atoms with Gasteiger partial charge in [0.2, 0.25) is 9.84 Å². The Morgan fingerprint density at radius 1 is 1.09 bits per heavy atom. The highest BCUT2D eigenvalue weighted by molar-refractivity contribution is 9.10. The van der Waals surface area contributed by atoms with Crippen molar-refractivity contribution in [2.24, 2.45) is 0 Å². The second-order valence-electron chi connectivity index (χ2n) is 8.55. The zero-order chi connectivity index (χ0) is 24.9. The van der Waals surface area contributed by atoms with Crippen LogP contribution in [0, 0.1) is 6.92 Å². The number of halogens is 1. The predicted octanol–water partition coefficient (Wildman–Crippen LogP) is 4.59. The van der Waals surface area contributed by atoms with Gasteiger partial charge in [0.15, 0.2) is 0 Å². The van der Waals surface area contributed by atoms with Crippen molar-refractivity contribution >= 4 is 31.7 Å². The number of carbonyl (C=O) groups is 1. The molecule has 1 aliphatic carbocycles. The van der Waals surface area contributed by atoms with Crippen molar-refractivity contribution in [2.75, 3.05) is 0 Å². The first kappa shape index (κ1) is 23.3. The Morgan fingerprint density at radius 3 is 2.43 bits per heavy atom. The van der Waals surface area contributed by atoms with Gasteiger partial charge in [-0.15, -0.1) is 0 Å². The van der Waals surface area contributed by atoms with E-state index in [2.05, 4.69) is 20.9 Å². The van der Waals surface area contributed by atoms with Gasteiger partial charge in [0.25, 0.3) is 5.56 Å². The Kier molecular flexibility index (Phi) is 5.77. The summed E-state index contributed by atoms with van der Waals surface area (Å²) in [6.07, 6.45) is 0.962. The standard InChI is InChI=1S/C26H21BrN2O5S/c1-15-7-9-16(10-8-15)14-29-23-19(21(27)24(29)26(31)32)12-11-17-13-20(25(30)28-22(17)23)35(33,34)18-5-3-2-4-6-18/h2-10,13H,11-12,14H2,1H3,(H,28,30)(H,31,32). The molecule has 4 aromatic rings. The van der Waals surface area contributed by atoms with E-state index in [-0.39, 0.29) is 22.0 Å². The van der Waals surface area contributed by atoms with Crippen LogP contribution in [0.1, 0.15) is 32.7 Å². The third-order valence-electron chi connectivity index (χ3n) is 6.28. The monoisotopic (exact) mass is 552 g/mol. The number of nitrogens with zero attached hydrogens (tertiary/aromatic N) is 1. The fraction of sp³-hybridized carbons (Fsp3) is 0.154. The molecule has 0 saturated carbocycles. The van der Waals surface area contributed by atoms with E-state index >= 15 is 0 Å². The van der Waals surface area contributed by atoms with Gasteiger partial charge in [-0.3, -0.25) is 4.79 Å². The van der Waals surface area contributed by atoms with E-state index in [9.17, 15) is 23.1 Å². The summed E-state index contributed by atoms with van der Waals surface area (Å²) in [6.45, 7) is 2.25. The van der Waals surface area contributed by atoms with Gasteiger partial charge in [-0.25, -0.2) is 13.2 Å². The number of benzene rings is 2. The van der Waals surface area contributed by atoms with E-state index in [1.165, 1.54) is 18.2 Å². The first-order valence-electron chi connectivity index (χ1n) is 10.9. The maximum absolute atomic E-state index is 13.2. The molecule has 35 heavy (non-hydrogen) atoms. The number of fused-ring (bicyclic) bond motifs is 3. The van der Waals surface area contributed by atoms with Crippen LogP contribution in [0.4, 0.5) is 0 Å². The van der Waals surface area contributed by atoms with Crippen molar-refractivity contribution < 1.29 is 18.3 Å². The van der Waals surface area contributed by atoms with Crippen LogP contribution in [0.3, 0.4) is 0 Å². The lowest BCUT2D eigenvalue weighted by Gasteiger charge is -2.21. The van der Waals surface area contributed by atoms with Crippen LogP contribution in [0.5, 0.6) is 0 Å². The van der Waals surface area contributed by atoms with Crippen LogP contribution in [0.15, 0.2) is 79.7 Å². The van der Waals surface area contributed by atoms with Crippen LogP contribution < -0.4 is 5.56 Å². The maximum Gasteiger partial charge on any atom is 0.353 e. The van der Waals surface area contributed by atoms with E-state index in [0.717, 1.165) is 16.7 Å². The number of carboxylic acids is 1. The Labute approximate surface area is 210 Å². The highest BCUT2D eigenvalue weighted by atomic mass is 79.9. The SMILES string of the molecule is Cc1ccc(Cn2c(C(=O)O)c(Br)c3c2-c2[nH]c(=O)c(S(=O)(=O)c4ccccc4)cc2CC3)cc1. The lowest BCUT2D eigenvalue weighted by atomic mass is 9.94. The minimum Gasteiger partial charge on any atom is -0.477 e. The normalized spacial score (nSPS) is 12.7. The number of aromatic carboxylic acids is 1. The maximum atomic E-state index is 13.2. The molecule has 2 aromatic heterocycles. The fourth-order valence-corrected chi connectivity index (χ4v) is 6.67. The number of hydrogen-bond donors (Lipinski definition) is 2. The van der Waals surface area contributed by atoms with E-state index in [4.69, 9.17) is 0 Å². The van der Waals surface area contributed by atoms with Gasteiger partial charge < -0.3 is 14.7 Å². The van der Waals surface area contributed by atoms with Crippen molar-refractivity contribution in [3.05, 3.63) is 103 Å². The van der Waals surface area contributed by atoms with Gasteiger partial charge >= 0.3 is 5.97 Å². The number of nitrogens with one attached hydrogen (secondary N) is 1.